The maximum atomic E-state index is 12.1. The van der Waals surface area contributed by atoms with Crippen molar-refractivity contribution in [2.45, 2.75) is 19.4 Å². The first-order chi connectivity index (χ1) is 11.9. The summed E-state index contributed by atoms with van der Waals surface area (Å²) in [4.78, 5) is 24.2. The van der Waals surface area contributed by atoms with E-state index in [1.807, 2.05) is 0 Å². The lowest BCUT2D eigenvalue weighted by Gasteiger charge is -2.14. The van der Waals surface area contributed by atoms with Crippen LogP contribution in [-0.2, 0) is 20.7 Å². The molecule has 0 aromatic heterocycles. The van der Waals surface area contributed by atoms with Crippen LogP contribution in [0.15, 0.2) is 42.5 Å². The first kappa shape index (κ1) is 19.1. The molecule has 0 aliphatic heterocycles. The molecule has 2 rings (SSSR count). The molecule has 0 radical (unpaired) electrons. The van der Waals surface area contributed by atoms with E-state index in [-0.39, 0.29) is 6.42 Å². The second-order valence-corrected chi connectivity index (χ2v) is 6.13. The number of rotatable bonds is 6. The van der Waals surface area contributed by atoms with Crippen molar-refractivity contribution in [2.24, 2.45) is 0 Å². The van der Waals surface area contributed by atoms with E-state index < -0.39 is 18.0 Å². The van der Waals surface area contributed by atoms with E-state index in [2.05, 4.69) is 5.32 Å². The van der Waals surface area contributed by atoms with Crippen molar-refractivity contribution in [3.05, 3.63) is 58.1 Å². The zero-order chi connectivity index (χ0) is 18.4. The van der Waals surface area contributed by atoms with E-state index in [0.29, 0.717) is 27.0 Å². The van der Waals surface area contributed by atoms with Gasteiger partial charge in [-0.25, -0.2) is 0 Å². The van der Waals surface area contributed by atoms with Crippen LogP contribution in [0.2, 0.25) is 10.0 Å². The van der Waals surface area contributed by atoms with E-state index in [4.69, 9.17) is 32.7 Å². The van der Waals surface area contributed by atoms with Crippen molar-refractivity contribution in [3.63, 3.8) is 0 Å². The lowest BCUT2D eigenvalue weighted by Crippen LogP contribution is -2.30. The van der Waals surface area contributed by atoms with Crippen LogP contribution >= 0.6 is 23.2 Å². The van der Waals surface area contributed by atoms with Crippen LogP contribution in [0.3, 0.4) is 0 Å². The van der Waals surface area contributed by atoms with Crippen LogP contribution < -0.4 is 10.1 Å². The van der Waals surface area contributed by atoms with Gasteiger partial charge in [-0.05, 0) is 49.4 Å². The molecule has 1 N–H and O–H groups in total. The molecule has 0 heterocycles. The number of anilines is 1. The second-order valence-electron chi connectivity index (χ2n) is 5.26. The molecule has 25 heavy (non-hydrogen) atoms. The minimum absolute atomic E-state index is 0.0533. The van der Waals surface area contributed by atoms with Gasteiger partial charge in [0.2, 0.25) is 0 Å². The summed E-state index contributed by atoms with van der Waals surface area (Å²) in [6.07, 6.45) is -1.00. The van der Waals surface area contributed by atoms with Gasteiger partial charge in [-0.1, -0.05) is 23.2 Å². The first-order valence-corrected chi connectivity index (χ1v) is 8.23. The van der Waals surface area contributed by atoms with E-state index in [1.165, 1.54) is 14.0 Å². The maximum Gasteiger partial charge on any atom is 0.311 e. The van der Waals surface area contributed by atoms with Crippen molar-refractivity contribution in [2.75, 3.05) is 12.4 Å². The second kappa shape index (κ2) is 8.74. The summed E-state index contributed by atoms with van der Waals surface area (Å²) in [7, 11) is 1.50. The topological polar surface area (TPSA) is 64.6 Å². The van der Waals surface area contributed by atoms with E-state index in [9.17, 15) is 9.59 Å². The number of methoxy groups -OCH3 is 1. The quantitative estimate of drug-likeness (QED) is 0.764. The molecule has 2 aromatic carbocycles. The third-order valence-corrected chi connectivity index (χ3v) is 3.85. The van der Waals surface area contributed by atoms with Crippen molar-refractivity contribution in [1.29, 1.82) is 0 Å². The average molecular weight is 382 g/mol. The predicted molar refractivity (Wildman–Crippen MR) is 97.3 cm³/mol. The summed E-state index contributed by atoms with van der Waals surface area (Å²) in [6.45, 7) is 1.50. The molecule has 0 saturated carbocycles. The standard InChI is InChI=1S/C18H17Cl2NO4/c1-11(18(23)21-15-6-3-13(19)4-7-15)25-17(22)10-12-9-14(20)5-8-16(12)24-2/h3-9,11H,10H2,1-2H3,(H,21,23)/t11-/m1/s1. The number of carbonyl (C=O) groups is 2. The largest absolute Gasteiger partial charge is 0.496 e. The Morgan fingerprint density at radius 3 is 2.36 bits per heavy atom. The fourth-order valence-corrected chi connectivity index (χ4v) is 2.43. The van der Waals surface area contributed by atoms with Gasteiger partial charge >= 0.3 is 5.97 Å². The fraction of sp³-hybridized carbons (Fsp3) is 0.222. The summed E-state index contributed by atoms with van der Waals surface area (Å²) >= 11 is 11.7. The molecule has 132 valence electrons. The highest BCUT2D eigenvalue weighted by atomic mass is 35.5. The molecule has 0 aliphatic rings. The Morgan fingerprint density at radius 2 is 1.72 bits per heavy atom. The van der Waals surface area contributed by atoms with Crippen molar-refractivity contribution >= 4 is 40.8 Å². The highest BCUT2D eigenvalue weighted by Crippen LogP contribution is 2.23. The fourth-order valence-electron chi connectivity index (χ4n) is 2.11. The molecular weight excluding hydrogens is 365 g/mol. The minimum Gasteiger partial charge on any atom is -0.496 e. The van der Waals surface area contributed by atoms with Gasteiger partial charge in [0.1, 0.15) is 5.75 Å². The van der Waals surface area contributed by atoms with Crippen LogP contribution in [-0.4, -0.2) is 25.1 Å². The van der Waals surface area contributed by atoms with Gasteiger partial charge in [-0.15, -0.1) is 0 Å². The first-order valence-electron chi connectivity index (χ1n) is 7.47. The number of amides is 1. The monoisotopic (exact) mass is 381 g/mol. The van der Waals surface area contributed by atoms with E-state index in [1.54, 1.807) is 42.5 Å². The van der Waals surface area contributed by atoms with Crippen molar-refractivity contribution < 1.29 is 19.1 Å². The molecule has 0 fully saturated rings. The van der Waals surface area contributed by atoms with E-state index >= 15 is 0 Å². The Balaban J connectivity index is 1.94. The van der Waals surface area contributed by atoms with Crippen LogP contribution in [0.1, 0.15) is 12.5 Å². The summed E-state index contributed by atoms with van der Waals surface area (Å²) in [6, 6.07) is 11.6. The number of nitrogens with one attached hydrogen (secondary N) is 1. The molecule has 5 nitrogen and oxygen atoms in total. The maximum absolute atomic E-state index is 12.1. The number of hydrogen-bond donors (Lipinski definition) is 1. The molecular formula is C18H17Cl2NO4. The molecule has 0 saturated heterocycles. The Kier molecular flexibility index (Phi) is 6.67. The van der Waals surface area contributed by atoms with Crippen LogP contribution in [0, 0.1) is 0 Å². The zero-order valence-electron chi connectivity index (χ0n) is 13.7. The molecule has 2 aromatic rings. The predicted octanol–water partition coefficient (Wildman–Crippen LogP) is 4.11. The number of carbonyl (C=O) groups excluding carboxylic acids is 2. The van der Waals surface area contributed by atoms with Crippen molar-refractivity contribution in [1.82, 2.24) is 0 Å². The smallest absolute Gasteiger partial charge is 0.311 e. The summed E-state index contributed by atoms with van der Waals surface area (Å²) < 4.78 is 10.4. The van der Waals surface area contributed by atoms with Gasteiger partial charge in [-0.3, -0.25) is 9.59 Å². The van der Waals surface area contributed by atoms with Crippen LogP contribution in [0.5, 0.6) is 5.75 Å². The van der Waals surface area contributed by atoms with Gasteiger partial charge in [0, 0.05) is 21.3 Å². The molecule has 7 heteroatoms. The van der Waals surface area contributed by atoms with Gasteiger partial charge in [-0.2, -0.15) is 0 Å². The zero-order valence-corrected chi connectivity index (χ0v) is 15.2. The third kappa shape index (κ3) is 5.66. The number of ether oxygens (including phenoxy) is 2. The van der Waals surface area contributed by atoms with Gasteiger partial charge in [0.15, 0.2) is 6.10 Å². The van der Waals surface area contributed by atoms with Gasteiger partial charge in [0.05, 0.1) is 13.5 Å². The highest BCUT2D eigenvalue weighted by Gasteiger charge is 2.19. The molecule has 1 atom stereocenters. The normalized spacial score (nSPS) is 11.5. The van der Waals surface area contributed by atoms with Crippen LogP contribution in [0.25, 0.3) is 0 Å². The molecule has 0 spiro atoms. The summed E-state index contributed by atoms with van der Waals surface area (Å²) in [5.74, 6) is -0.465. The number of halogens is 2. The van der Waals surface area contributed by atoms with Crippen LogP contribution in [0.4, 0.5) is 5.69 Å². The van der Waals surface area contributed by atoms with Gasteiger partial charge < -0.3 is 14.8 Å². The number of benzene rings is 2. The van der Waals surface area contributed by atoms with Crippen molar-refractivity contribution in [3.8, 4) is 5.75 Å². The lowest BCUT2D eigenvalue weighted by atomic mass is 10.1. The molecule has 1 amide bonds. The number of hydrogen-bond acceptors (Lipinski definition) is 4. The summed E-state index contributed by atoms with van der Waals surface area (Å²) in [5, 5.41) is 3.70. The number of esters is 1. The Labute approximate surface area is 155 Å². The molecule has 0 aliphatic carbocycles. The molecule has 0 unspecified atom stereocenters. The van der Waals surface area contributed by atoms with E-state index in [0.717, 1.165) is 0 Å². The highest BCUT2D eigenvalue weighted by molar-refractivity contribution is 6.31. The SMILES string of the molecule is COc1ccc(Cl)cc1CC(=O)O[C@H](C)C(=O)Nc1ccc(Cl)cc1. The Bertz CT molecular complexity index is 762. The Morgan fingerprint density at radius 1 is 1.08 bits per heavy atom. The van der Waals surface area contributed by atoms with Gasteiger partial charge in [0.25, 0.3) is 5.91 Å². The third-order valence-electron chi connectivity index (χ3n) is 3.37. The minimum atomic E-state index is -0.951. The molecule has 0 bridgehead atoms. The lowest BCUT2D eigenvalue weighted by molar-refractivity contribution is -0.152. The Hall–Kier alpha value is -2.24. The average Bonchev–Trinajstić information content (AvgIpc) is 2.57. The summed E-state index contributed by atoms with van der Waals surface area (Å²) in [5.41, 5.74) is 1.15.